The van der Waals surface area contributed by atoms with E-state index in [-0.39, 0.29) is 31.2 Å². The molecule has 1 saturated heterocycles. The van der Waals surface area contributed by atoms with Gasteiger partial charge in [0.2, 0.25) is 0 Å². The van der Waals surface area contributed by atoms with Crippen molar-refractivity contribution in [1.82, 2.24) is 19.3 Å². The van der Waals surface area contributed by atoms with Crippen molar-refractivity contribution in [3.05, 3.63) is 70.0 Å². The molecule has 0 amide bonds. The summed E-state index contributed by atoms with van der Waals surface area (Å²) in [6.07, 6.45) is -9.06. The number of aromatic nitrogens is 4. The van der Waals surface area contributed by atoms with Gasteiger partial charge in [0.25, 0.3) is 0 Å². The topological polar surface area (TPSA) is 78.3 Å². The first-order chi connectivity index (χ1) is 17.5. The van der Waals surface area contributed by atoms with Crippen molar-refractivity contribution in [2.75, 3.05) is 25.1 Å². The first kappa shape index (κ1) is 24.7. The monoisotopic (exact) mass is 527 g/mol. The van der Waals surface area contributed by atoms with E-state index in [1.165, 1.54) is 39.3 Å². The van der Waals surface area contributed by atoms with E-state index < -0.39 is 35.5 Å². The maximum Gasteiger partial charge on any atom is 0.470 e. The summed E-state index contributed by atoms with van der Waals surface area (Å²) < 4.78 is 92.3. The Balaban J connectivity index is 1.56. The molecule has 4 aromatic rings. The van der Waals surface area contributed by atoms with Gasteiger partial charge in [-0.1, -0.05) is 29.4 Å². The van der Waals surface area contributed by atoms with E-state index in [0.29, 0.717) is 23.2 Å². The lowest BCUT2D eigenvalue weighted by Crippen LogP contribution is -2.30. The first-order valence-corrected chi connectivity index (χ1v) is 11.1. The number of fused-ring (bicyclic) bond motifs is 1. The van der Waals surface area contributed by atoms with Crippen LogP contribution >= 0.6 is 0 Å². The largest absolute Gasteiger partial charge is 0.494 e. The molecule has 0 radical (unpaired) electrons. The maximum atomic E-state index is 13.7. The van der Waals surface area contributed by atoms with Crippen molar-refractivity contribution >= 4 is 17.0 Å². The summed E-state index contributed by atoms with van der Waals surface area (Å²) in [6.45, 7) is -0.0631. The second-order valence-electron chi connectivity index (χ2n) is 8.50. The van der Waals surface area contributed by atoms with Crippen LogP contribution in [0.1, 0.15) is 29.5 Å². The predicted molar refractivity (Wildman–Crippen MR) is 118 cm³/mol. The highest BCUT2D eigenvalue weighted by molar-refractivity contribution is 5.83. The minimum atomic E-state index is -4.79. The molecule has 14 heteroatoms. The fourth-order valence-corrected chi connectivity index (χ4v) is 4.66. The summed E-state index contributed by atoms with van der Waals surface area (Å²) in [5.41, 5.74) is -0.808. The Hall–Kier alpha value is -3.97. The van der Waals surface area contributed by atoms with Gasteiger partial charge in [-0.15, -0.1) is 5.10 Å². The van der Waals surface area contributed by atoms with Gasteiger partial charge in [-0.2, -0.15) is 26.3 Å². The Morgan fingerprint density at radius 1 is 1.03 bits per heavy atom. The van der Waals surface area contributed by atoms with Crippen LogP contribution < -0.4 is 15.3 Å². The second-order valence-corrected chi connectivity index (χ2v) is 8.50. The van der Waals surface area contributed by atoms with Crippen molar-refractivity contribution in [2.45, 2.75) is 31.4 Å². The Morgan fingerprint density at radius 2 is 1.78 bits per heavy atom. The minimum absolute atomic E-state index is 0.0782. The molecule has 0 saturated carbocycles. The summed E-state index contributed by atoms with van der Waals surface area (Å²) in [6, 6.07) is 9.01. The number of rotatable bonds is 5. The summed E-state index contributed by atoms with van der Waals surface area (Å²) in [7, 11) is 1.38. The molecule has 196 valence electrons. The van der Waals surface area contributed by atoms with Gasteiger partial charge < -0.3 is 14.1 Å². The van der Waals surface area contributed by atoms with Crippen molar-refractivity contribution in [3.8, 4) is 5.75 Å². The zero-order chi connectivity index (χ0) is 26.5. The number of hydrogen-bond acceptors (Lipinski definition) is 6. The van der Waals surface area contributed by atoms with E-state index in [9.17, 15) is 31.1 Å². The standard InChI is InChI=1S/C23H19F6N5O3/c1-36-17-8-4-7-16-18(17)33(11-13-5-2-3-6-15(13)22(24,25)26)21(35)34(16)14-9-10-32(12-14)20-31-30-19(37-20)23(27,28)29/h2-8,14H,9-12H2,1H3/t14-/m1/s1. The van der Waals surface area contributed by atoms with Crippen LogP contribution in [0.4, 0.5) is 32.4 Å². The van der Waals surface area contributed by atoms with Gasteiger partial charge in [0.05, 0.1) is 30.8 Å². The molecular weight excluding hydrogens is 508 g/mol. The van der Waals surface area contributed by atoms with E-state index in [1.54, 1.807) is 18.2 Å². The lowest BCUT2D eigenvalue weighted by atomic mass is 10.1. The summed E-state index contributed by atoms with van der Waals surface area (Å²) in [5.74, 6) is -1.19. The van der Waals surface area contributed by atoms with E-state index in [2.05, 4.69) is 10.2 Å². The van der Waals surface area contributed by atoms with Crippen molar-refractivity contribution < 1.29 is 35.5 Å². The summed E-state index contributed by atoms with van der Waals surface area (Å²) in [4.78, 5) is 15.1. The van der Waals surface area contributed by atoms with Gasteiger partial charge in [0.1, 0.15) is 11.3 Å². The zero-order valence-electron chi connectivity index (χ0n) is 19.2. The van der Waals surface area contributed by atoms with Gasteiger partial charge in [-0.05, 0) is 30.2 Å². The fourth-order valence-electron chi connectivity index (χ4n) is 4.66. The second kappa shape index (κ2) is 8.85. The van der Waals surface area contributed by atoms with Crippen LogP contribution in [0.5, 0.6) is 5.75 Å². The Kier molecular flexibility index (Phi) is 5.91. The molecule has 0 bridgehead atoms. The lowest BCUT2D eigenvalue weighted by Gasteiger charge is -2.14. The third-order valence-electron chi connectivity index (χ3n) is 6.27. The Morgan fingerprint density at radius 3 is 2.46 bits per heavy atom. The average Bonchev–Trinajstić information content (AvgIpc) is 3.57. The SMILES string of the molecule is COc1cccc2c1n(Cc1ccccc1C(F)(F)F)c(=O)n2[C@@H]1CCN(c2nnc(C(F)(F)F)o2)C1. The van der Waals surface area contributed by atoms with Crippen LogP contribution in [0.3, 0.4) is 0 Å². The number of halogens is 6. The quantitative estimate of drug-likeness (QED) is 0.349. The third kappa shape index (κ3) is 4.40. The van der Waals surface area contributed by atoms with Crippen LogP contribution in [0.2, 0.25) is 0 Å². The van der Waals surface area contributed by atoms with Crippen LogP contribution in [-0.2, 0) is 18.9 Å². The van der Waals surface area contributed by atoms with Crippen molar-refractivity contribution in [1.29, 1.82) is 0 Å². The number of anilines is 1. The minimum Gasteiger partial charge on any atom is -0.494 e. The zero-order valence-corrected chi connectivity index (χ0v) is 19.2. The molecule has 3 heterocycles. The van der Waals surface area contributed by atoms with Gasteiger partial charge in [-0.25, -0.2) is 4.79 Å². The van der Waals surface area contributed by atoms with Gasteiger partial charge in [0, 0.05) is 13.1 Å². The molecule has 0 N–H and O–H groups in total. The molecule has 5 rings (SSSR count). The van der Waals surface area contributed by atoms with Gasteiger partial charge >= 0.3 is 29.9 Å². The smallest absolute Gasteiger partial charge is 0.470 e. The molecule has 37 heavy (non-hydrogen) atoms. The molecule has 0 aliphatic carbocycles. The van der Waals surface area contributed by atoms with Crippen molar-refractivity contribution in [2.24, 2.45) is 0 Å². The number of alkyl halides is 6. The average molecular weight is 527 g/mol. The highest BCUT2D eigenvalue weighted by Gasteiger charge is 2.40. The molecule has 2 aromatic carbocycles. The van der Waals surface area contributed by atoms with Gasteiger partial charge in [-0.3, -0.25) is 9.13 Å². The van der Waals surface area contributed by atoms with Crippen LogP contribution in [0, 0.1) is 0 Å². The molecule has 1 aliphatic heterocycles. The molecule has 0 spiro atoms. The number of hydrogen-bond donors (Lipinski definition) is 0. The fraction of sp³-hybridized carbons (Fsp3) is 0.348. The number of methoxy groups -OCH3 is 1. The Labute approximate surface area is 204 Å². The highest BCUT2D eigenvalue weighted by atomic mass is 19.4. The number of para-hydroxylation sites is 1. The van der Waals surface area contributed by atoms with E-state index in [0.717, 1.165) is 6.07 Å². The predicted octanol–water partition coefficient (Wildman–Crippen LogP) is 4.73. The van der Waals surface area contributed by atoms with Crippen molar-refractivity contribution in [3.63, 3.8) is 0 Å². The lowest BCUT2D eigenvalue weighted by molar-refractivity contribution is -0.157. The molecule has 1 fully saturated rings. The normalized spacial score (nSPS) is 16.6. The molecule has 1 atom stereocenters. The number of imidazole rings is 1. The molecule has 8 nitrogen and oxygen atoms in total. The number of nitrogens with zero attached hydrogens (tertiary/aromatic N) is 5. The van der Waals surface area contributed by atoms with E-state index >= 15 is 0 Å². The molecule has 0 unspecified atom stereocenters. The van der Waals surface area contributed by atoms with Gasteiger partial charge in [0.15, 0.2) is 0 Å². The summed E-state index contributed by atoms with van der Waals surface area (Å²) >= 11 is 0. The Bertz CT molecular complexity index is 1500. The summed E-state index contributed by atoms with van der Waals surface area (Å²) in [5, 5.41) is 6.50. The van der Waals surface area contributed by atoms with Crippen LogP contribution in [-0.4, -0.2) is 39.5 Å². The molecular formula is C23H19F6N5O3. The number of benzene rings is 2. The molecule has 1 aliphatic rings. The first-order valence-electron chi connectivity index (χ1n) is 11.1. The molecule has 2 aromatic heterocycles. The highest BCUT2D eigenvalue weighted by Crippen LogP contribution is 2.36. The maximum absolute atomic E-state index is 13.7. The van der Waals surface area contributed by atoms with E-state index in [4.69, 9.17) is 9.15 Å². The van der Waals surface area contributed by atoms with E-state index in [1.807, 2.05) is 0 Å². The van der Waals surface area contributed by atoms with Crippen LogP contribution in [0.25, 0.3) is 11.0 Å². The van der Waals surface area contributed by atoms with Crippen LogP contribution in [0.15, 0.2) is 51.7 Å². The number of ether oxygens (including phenoxy) is 1. The third-order valence-corrected chi connectivity index (χ3v) is 6.27.